The van der Waals surface area contributed by atoms with Crippen molar-refractivity contribution < 1.29 is 5.11 Å². The molecule has 0 bridgehead atoms. The number of aromatic nitrogens is 2. The molecule has 2 fully saturated rings. The van der Waals surface area contributed by atoms with E-state index in [1.54, 1.807) is 18.3 Å². The molecule has 140 valence electrons. The van der Waals surface area contributed by atoms with Crippen molar-refractivity contribution in [2.24, 2.45) is 0 Å². The standard InChI is InChI=1S/C20H24N6O/c21-14-16-4-3-8-23-20(16)26-9-6-17(18(27)15-26)24-10-12-25(13-11-24)19-5-1-2-7-22-19/h1-5,7-8,17-18,27H,6,9-13,15H2/t17-,18-/m1/s1. The van der Waals surface area contributed by atoms with Crippen molar-refractivity contribution in [1.29, 1.82) is 5.26 Å². The topological polar surface area (TPSA) is 79.5 Å². The van der Waals surface area contributed by atoms with Gasteiger partial charge in [0.2, 0.25) is 0 Å². The number of β-amino-alcohol motifs (C(OH)–C–C–N with tert-alkyl or cyclic N) is 1. The van der Waals surface area contributed by atoms with Crippen molar-refractivity contribution in [2.45, 2.75) is 18.6 Å². The van der Waals surface area contributed by atoms with Crippen LogP contribution in [0.15, 0.2) is 42.7 Å². The molecule has 1 N–H and O–H groups in total. The molecule has 2 aromatic heterocycles. The van der Waals surface area contributed by atoms with Crippen molar-refractivity contribution in [3.8, 4) is 6.07 Å². The number of piperazine rings is 1. The van der Waals surface area contributed by atoms with Gasteiger partial charge in [0.15, 0.2) is 0 Å². The smallest absolute Gasteiger partial charge is 0.146 e. The lowest BCUT2D eigenvalue weighted by atomic mass is 9.98. The summed E-state index contributed by atoms with van der Waals surface area (Å²) in [4.78, 5) is 15.5. The van der Waals surface area contributed by atoms with Crippen molar-refractivity contribution in [3.63, 3.8) is 0 Å². The first-order chi connectivity index (χ1) is 13.3. The number of nitriles is 1. The summed E-state index contributed by atoms with van der Waals surface area (Å²) in [5, 5.41) is 20.1. The summed E-state index contributed by atoms with van der Waals surface area (Å²) in [5.41, 5.74) is 0.562. The predicted molar refractivity (Wildman–Crippen MR) is 104 cm³/mol. The van der Waals surface area contributed by atoms with E-state index in [1.165, 1.54) is 0 Å². The molecule has 2 aliphatic rings. The second-order valence-electron chi connectivity index (χ2n) is 7.07. The summed E-state index contributed by atoms with van der Waals surface area (Å²) in [6.07, 6.45) is 3.94. The Balaban J connectivity index is 1.36. The maximum absolute atomic E-state index is 10.8. The maximum Gasteiger partial charge on any atom is 0.146 e. The summed E-state index contributed by atoms with van der Waals surface area (Å²) in [6.45, 7) is 4.99. The van der Waals surface area contributed by atoms with E-state index in [0.717, 1.165) is 45.0 Å². The summed E-state index contributed by atoms with van der Waals surface area (Å²) < 4.78 is 0. The number of hydrogen-bond acceptors (Lipinski definition) is 7. The normalized spacial score (nSPS) is 23.9. The lowest BCUT2D eigenvalue weighted by Crippen LogP contribution is -2.59. The van der Waals surface area contributed by atoms with Gasteiger partial charge in [-0.2, -0.15) is 5.26 Å². The number of rotatable bonds is 3. The average molecular weight is 364 g/mol. The highest BCUT2D eigenvalue weighted by molar-refractivity contribution is 5.53. The monoisotopic (exact) mass is 364 g/mol. The Morgan fingerprint density at radius 1 is 0.963 bits per heavy atom. The van der Waals surface area contributed by atoms with Crippen LogP contribution in [0.25, 0.3) is 0 Å². The molecule has 0 unspecified atom stereocenters. The van der Waals surface area contributed by atoms with Crippen molar-refractivity contribution >= 4 is 11.6 Å². The van der Waals surface area contributed by atoms with E-state index < -0.39 is 6.10 Å². The van der Waals surface area contributed by atoms with Gasteiger partial charge in [0.25, 0.3) is 0 Å². The van der Waals surface area contributed by atoms with Crippen LogP contribution in [-0.4, -0.2) is 71.4 Å². The minimum absolute atomic E-state index is 0.154. The zero-order valence-corrected chi connectivity index (χ0v) is 15.3. The van der Waals surface area contributed by atoms with Gasteiger partial charge in [-0.05, 0) is 30.7 Å². The molecule has 0 aromatic carbocycles. The molecule has 2 aromatic rings. The Bertz CT molecular complexity index is 800. The SMILES string of the molecule is N#Cc1cccnc1N1CC[C@@H](N2CCN(c3ccccn3)CC2)[C@H](O)C1. The second-order valence-corrected chi connectivity index (χ2v) is 7.07. The van der Waals surface area contributed by atoms with E-state index in [-0.39, 0.29) is 6.04 Å². The largest absolute Gasteiger partial charge is 0.390 e. The molecule has 2 atom stereocenters. The van der Waals surface area contributed by atoms with Crippen LogP contribution in [0.2, 0.25) is 0 Å². The minimum atomic E-state index is -0.450. The Morgan fingerprint density at radius 2 is 1.78 bits per heavy atom. The Kier molecular flexibility index (Phi) is 5.19. The number of hydrogen-bond donors (Lipinski definition) is 1. The molecule has 0 spiro atoms. The fourth-order valence-electron chi connectivity index (χ4n) is 4.10. The highest BCUT2D eigenvalue weighted by atomic mass is 16.3. The van der Waals surface area contributed by atoms with E-state index >= 15 is 0 Å². The molecule has 4 rings (SSSR count). The van der Waals surface area contributed by atoms with Crippen molar-refractivity contribution in [3.05, 3.63) is 48.3 Å². The summed E-state index contributed by atoms with van der Waals surface area (Å²) >= 11 is 0. The summed E-state index contributed by atoms with van der Waals surface area (Å²) in [5.74, 6) is 1.70. The van der Waals surface area contributed by atoms with Gasteiger partial charge in [-0.25, -0.2) is 9.97 Å². The highest BCUT2D eigenvalue weighted by Crippen LogP contribution is 2.25. The predicted octanol–water partition coefficient (Wildman–Crippen LogP) is 1.11. The van der Waals surface area contributed by atoms with E-state index in [9.17, 15) is 10.4 Å². The number of pyridine rings is 2. The van der Waals surface area contributed by atoms with Gasteiger partial charge in [0.05, 0.1) is 11.7 Å². The third kappa shape index (κ3) is 3.72. The maximum atomic E-state index is 10.8. The number of aliphatic hydroxyl groups is 1. The number of piperidine rings is 1. The fourth-order valence-corrected chi connectivity index (χ4v) is 4.10. The molecule has 27 heavy (non-hydrogen) atoms. The van der Waals surface area contributed by atoms with E-state index in [0.29, 0.717) is 17.9 Å². The lowest BCUT2D eigenvalue weighted by Gasteiger charge is -2.45. The average Bonchev–Trinajstić information content (AvgIpc) is 2.74. The van der Waals surface area contributed by atoms with Crippen LogP contribution in [0.3, 0.4) is 0 Å². The first-order valence-electron chi connectivity index (χ1n) is 9.44. The van der Waals surface area contributed by atoms with Crippen LogP contribution in [0.5, 0.6) is 0 Å². The Labute approximate surface area is 159 Å². The zero-order valence-electron chi connectivity index (χ0n) is 15.3. The Morgan fingerprint density at radius 3 is 2.48 bits per heavy atom. The number of aliphatic hydroxyl groups excluding tert-OH is 1. The van der Waals surface area contributed by atoms with Gasteiger partial charge in [-0.1, -0.05) is 6.07 Å². The molecule has 2 aliphatic heterocycles. The van der Waals surface area contributed by atoms with Crippen LogP contribution in [0, 0.1) is 11.3 Å². The summed E-state index contributed by atoms with van der Waals surface area (Å²) in [6, 6.07) is 11.9. The van der Waals surface area contributed by atoms with Gasteiger partial charge in [-0.15, -0.1) is 0 Å². The molecule has 0 amide bonds. The lowest BCUT2D eigenvalue weighted by molar-refractivity contribution is 0.0336. The van der Waals surface area contributed by atoms with E-state index in [4.69, 9.17) is 0 Å². The minimum Gasteiger partial charge on any atom is -0.390 e. The molecule has 2 saturated heterocycles. The second kappa shape index (κ2) is 7.91. The molecule has 0 aliphatic carbocycles. The van der Waals surface area contributed by atoms with Crippen molar-refractivity contribution in [2.75, 3.05) is 49.1 Å². The quantitative estimate of drug-likeness (QED) is 0.874. The van der Waals surface area contributed by atoms with Gasteiger partial charge < -0.3 is 14.9 Å². The van der Waals surface area contributed by atoms with Gasteiger partial charge in [-0.3, -0.25) is 4.90 Å². The van der Waals surface area contributed by atoms with Crippen LogP contribution < -0.4 is 9.80 Å². The third-order valence-corrected chi connectivity index (χ3v) is 5.51. The molecular weight excluding hydrogens is 340 g/mol. The molecule has 7 nitrogen and oxygen atoms in total. The van der Waals surface area contributed by atoms with E-state index in [2.05, 4.69) is 25.8 Å². The molecular formula is C20H24N6O. The number of nitrogens with zero attached hydrogens (tertiary/aromatic N) is 6. The molecule has 4 heterocycles. The molecule has 7 heteroatoms. The number of anilines is 2. The van der Waals surface area contributed by atoms with Gasteiger partial charge >= 0.3 is 0 Å². The zero-order chi connectivity index (χ0) is 18.6. The first kappa shape index (κ1) is 17.7. The van der Waals surface area contributed by atoms with E-state index in [1.807, 2.05) is 29.3 Å². The first-order valence-corrected chi connectivity index (χ1v) is 9.44. The summed E-state index contributed by atoms with van der Waals surface area (Å²) in [7, 11) is 0. The molecule has 0 saturated carbocycles. The highest BCUT2D eigenvalue weighted by Gasteiger charge is 2.34. The molecule has 0 radical (unpaired) electrons. The van der Waals surface area contributed by atoms with Crippen LogP contribution in [0.1, 0.15) is 12.0 Å². The van der Waals surface area contributed by atoms with Crippen LogP contribution in [-0.2, 0) is 0 Å². The van der Waals surface area contributed by atoms with Crippen molar-refractivity contribution in [1.82, 2.24) is 14.9 Å². The van der Waals surface area contributed by atoms with Gasteiger partial charge in [0, 0.05) is 57.7 Å². The fraction of sp³-hybridized carbons (Fsp3) is 0.450. The van der Waals surface area contributed by atoms with Crippen LogP contribution in [0.4, 0.5) is 11.6 Å². The van der Waals surface area contributed by atoms with Crippen LogP contribution >= 0.6 is 0 Å². The third-order valence-electron chi connectivity index (χ3n) is 5.51. The van der Waals surface area contributed by atoms with Gasteiger partial charge in [0.1, 0.15) is 17.7 Å². The Hall–Kier alpha value is -2.69.